The number of ether oxygens (including phenoxy) is 3. The van der Waals surface area contributed by atoms with E-state index in [1.807, 2.05) is 18.2 Å². The molecule has 0 bridgehead atoms. The first-order valence-corrected chi connectivity index (χ1v) is 12.6. The van der Waals surface area contributed by atoms with Gasteiger partial charge in [0.25, 0.3) is 0 Å². The van der Waals surface area contributed by atoms with Crippen molar-refractivity contribution in [1.82, 2.24) is 0 Å². The lowest BCUT2D eigenvalue weighted by molar-refractivity contribution is -0.138. The number of hydrogen-bond acceptors (Lipinski definition) is 7. The number of thioether (sulfide) groups is 1. The van der Waals surface area contributed by atoms with Crippen molar-refractivity contribution in [3.05, 3.63) is 73.3 Å². The molecule has 0 spiro atoms. The first-order valence-electron chi connectivity index (χ1n) is 10.6. The lowest BCUT2D eigenvalue weighted by Gasteiger charge is -2.14. The third kappa shape index (κ3) is 6.68. The largest absolute Gasteiger partial charge is 0.506 e. The molecule has 0 atom stereocenters. The smallest absolute Gasteiger partial charge is 0.344 e. The molecule has 1 heterocycles. The molecule has 3 rings (SSSR count). The summed E-state index contributed by atoms with van der Waals surface area (Å²) in [5.41, 5.74) is 1.43. The van der Waals surface area contributed by atoms with Gasteiger partial charge in [-0.25, -0.2) is 9.79 Å². The van der Waals surface area contributed by atoms with Crippen LogP contribution in [0, 0.1) is 0 Å². The summed E-state index contributed by atoms with van der Waals surface area (Å²) in [6, 6.07) is 10.9. The topological polar surface area (TPSA) is 94.4 Å². The van der Waals surface area contributed by atoms with Crippen LogP contribution in [0.3, 0.4) is 0 Å². The molecular formula is C25H23BrClNO6S. The molecule has 35 heavy (non-hydrogen) atoms. The summed E-state index contributed by atoms with van der Waals surface area (Å²) >= 11 is 10.6. The number of rotatable bonds is 8. The Morgan fingerprint density at radius 3 is 2.66 bits per heavy atom. The maximum Gasteiger partial charge on any atom is 0.344 e. The molecule has 10 heteroatoms. The zero-order chi connectivity index (χ0) is 25.5. The van der Waals surface area contributed by atoms with Gasteiger partial charge in [0.15, 0.2) is 11.5 Å². The Morgan fingerprint density at radius 2 is 2.00 bits per heavy atom. The average Bonchev–Trinajstić information content (AvgIpc) is 3.12. The Labute approximate surface area is 220 Å². The minimum atomic E-state index is -0.743. The van der Waals surface area contributed by atoms with Crippen LogP contribution >= 0.6 is 39.3 Å². The molecule has 0 radical (unpaired) electrons. The molecule has 0 aliphatic carbocycles. The average molecular weight is 581 g/mol. The molecule has 7 nitrogen and oxygen atoms in total. The second-order valence-electron chi connectivity index (χ2n) is 7.17. The fourth-order valence-electron chi connectivity index (χ4n) is 3.08. The molecule has 1 N–H and O–H groups in total. The van der Waals surface area contributed by atoms with E-state index < -0.39 is 11.9 Å². The summed E-state index contributed by atoms with van der Waals surface area (Å²) in [7, 11) is 1.52. The van der Waals surface area contributed by atoms with Gasteiger partial charge in [-0.2, -0.15) is 0 Å². The summed E-state index contributed by atoms with van der Waals surface area (Å²) in [5.74, 6) is -0.495. The van der Waals surface area contributed by atoms with Gasteiger partial charge in [0.1, 0.15) is 23.0 Å². The maximum atomic E-state index is 12.4. The highest BCUT2D eigenvalue weighted by Gasteiger charge is 2.33. The van der Waals surface area contributed by atoms with Gasteiger partial charge in [0.2, 0.25) is 5.91 Å². The number of amides is 1. The van der Waals surface area contributed by atoms with Crippen LogP contribution in [0.15, 0.2) is 62.1 Å². The Bertz CT molecular complexity index is 1240. The molecule has 184 valence electrons. The van der Waals surface area contributed by atoms with E-state index in [2.05, 4.69) is 20.9 Å². The van der Waals surface area contributed by atoms with Gasteiger partial charge in [0.05, 0.1) is 23.1 Å². The first-order chi connectivity index (χ1) is 16.8. The lowest BCUT2D eigenvalue weighted by atomic mass is 10.1. The summed E-state index contributed by atoms with van der Waals surface area (Å²) in [5, 5.41) is 11.5. The van der Waals surface area contributed by atoms with Crippen LogP contribution in [0.5, 0.6) is 11.5 Å². The maximum absolute atomic E-state index is 12.4. The van der Waals surface area contributed by atoms with E-state index in [9.17, 15) is 14.7 Å². The normalized spacial score (nSPS) is 15.6. The lowest BCUT2D eigenvalue weighted by Crippen LogP contribution is -2.14. The third-order valence-corrected chi connectivity index (χ3v) is 6.56. The molecule has 0 saturated carbocycles. The van der Waals surface area contributed by atoms with E-state index in [0.717, 1.165) is 17.3 Å². The number of methoxy groups -OCH3 is 1. The highest BCUT2D eigenvalue weighted by atomic mass is 79.9. The minimum Gasteiger partial charge on any atom is -0.506 e. The van der Waals surface area contributed by atoms with Crippen LogP contribution < -0.4 is 9.47 Å². The Morgan fingerprint density at radius 1 is 1.23 bits per heavy atom. The van der Waals surface area contributed by atoms with Crippen molar-refractivity contribution in [2.45, 2.75) is 26.9 Å². The number of benzene rings is 2. The van der Waals surface area contributed by atoms with Crippen LogP contribution in [-0.2, 0) is 20.9 Å². The highest BCUT2D eigenvalue weighted by Crippen LogP contribution is 2.42. The van der Waals surface area contributed by atoms with Crippen LogP contribution in [0.1, 0.15) is 31.4 Å². The van der Waals surface area contributed by atoms with Crippen LogP contribution in [0.25, 0.3) is 6.08 Å². The van der Waals surface area contributed by atoms with Crippen molar-refractivity contribution in [2.75, 3.05) is 13.7 Å². The van der Waals surface area contributed by atoms with Crippen molar-refractivity contribution in [3.8, 4) is 11.5 Å². The second kappa shape index (κ2) is 12.3. The van der Waals surface area contributed by atoms with Crippen molar-refractivity contribution in [2.24, 2.45) is 4.99 Å². The Kier molecular flexibility index (Phi) is 9.42. The molecule has 1 aliphatic rings. The summed E-state index contributed by atoms with van der Waals surface area (Å²) in [6.45, 7) is 3.72. The number of carbonyl (C=O) groups is 2. The molecule has 1 amide bonds. The first kappa shape index (κ1) is 26.8. The quantitative estimate of drug-likeness (QED) is 0.357. The van der Waals surface area contributed by atoms with Crippen LogP contribution in [0.4, 0.5) is 0 Å². The molecule has 2 aromatic rings. The molecule has 0 fully saturated rings. The molecule has 0 unspecified atom stereocenters. The molecular weight excluding hydrogens is 558 g/mol. The predicted molar refractivity (Wildman–Crippen MR) is 141 cm³/mol. The number of hydrogen-bond donors (Lipinski definition) is 1. The monoisotopic (exact) mass is 579 g/mol. The van der Waals surface area contributed by atoms with E-state index in [0.29, 0.717) is 31.5 Å². The number of aliphatic hydroxyl groups excluding tert-OH is 1. The summed E-state index contributed by atoms with van der Waals surface area (Å²) < 4.78 is 17.1. The fourth-order valence-corrected chi connectivity index (χ4v) is 4.90. The molecule has 0 aromatic heterocycles. The zero-order valence-electron chi connectivity index (χ0n) is 19.3. The van der Waals surface area contributed by atoms with E-state index >= 15 is 0 Å². The second-order valence-corrected chi connectivity index (χ2v) is 9.49. The van der Waals surface area contributed by atoms with Crippen molar-refractivity contribution in [1.29, 1.82) is 0 Å². The van der Waals surface area contributed by atoms with Crippen LogP contribution in [-0.4, -0.2) is 35.7 Å². The number of halogens is 2. The van der Waals surface area contributed by atoms with Gasteiger partial charge in [-0.3, -0.25) is 4.79 Å². The van der Waals surface area contributed by atoms with Gasteiger partial charge in [-0.1, -0.05) is 42.4 Å². The highest BCUT2D eigenvalue weighted by molar-refractivity contribution is 9.10. The standard InChI is InChI=1S/C25H23BrClNO6S/c1-4-20(29)28-24-21(25(31)33-5-2)22(30)19(35-24)12-15-10-17(26)23(18(11-15)32-3)34-13-14-7-6-8-16(27)9-14/h6-12,30H,4-5,13H2,1-3H3/b19-12-,28-24?. The molecule has 0 saturated heterocycles. The van der Waals surface area contributed by atoms with Gasteiger partial charge in [-0.15, -0.1) is 0 Å². The number of aliphatic hydroxyl groups is 1. The van der Waals surface area contributed by atoms with Gasteiger partial charge in [0, 0.05) is 11.4 Å². The SMILES string of the molecule is CCOC(=O)C1=C(O)/C(=C/c2cc(Br)c(OCc3cccc(Cl)c3)c(OC)c2)SC1=NC(=O)CC. The van der Waals surface area contributed by atoms with Crippen molar-refractivity contribution >= 4 is 62.3 Å². The van der Waals surface area contributed by atoms with Crippen molar-refractivity contribution < 1.29 is 28.9 Å². The number of esters is 1. The third-order valence-electron chi connectivity index (χ3n) is 4.72. The number of nitrogens with zero attached hydrogens (tertiary/aromatic N) is 1. The van der Waals surface area contributed by atoms with E-state index in [4.69, 9.17) is 25.8 Å². The molecule has 2 aromatic carbocycles. The van der Waals surface area contributed by atoms with E-state index in [1.54, 1.807) is 38.1 Å². The zero-order valence-corrected chi connectivity index (χ0v) is 22.4. The number of aliphatic imine (C=N–C) groups is 1. The van der Waals surface area contributed by atoms with Crippen molar-refractivity contribution in [3.63, 3.8) is 0 Å². The molecule has 1 aliphatic heterocycles. The fraction of sp³-hybridized carbons (Fsp3) is 0.240. The summed E-state index contributed by atoms with van der Waals surface area (Å²) in [6.07, 6.45) is 1.83. The summed E-state index contributed by atoms with van der Waals surface area (Å²) in [4.78, 5) is 28.6. The van der Waals surface area contributed by atoms with Gasteiger partial charge >= 0.3 is 5.97 Å². The number of carbonyl (C=O) groups excluding carboxylic acids is 2. The van der Waals surface area contributed by atoms with Gasteiger partial charge < -0.3 is 19.3 Å². The van der Waals surface area contributed by atoms with Crippen LogP contribution in [0.2, 0.25) is 5.02 Å². The predicted octanol–water partition coefficient (Wildman–Crippen LogP) is 6.49. The van der Waals surface area contributed by atoms with Gasteiger partial charge in [-0.05, 0) is 64.3 Å². The van der Waals surface area contributed by atoms with E-state index in [-0.39, 0.29) is 36.0 Å². The minimum absolute atomic E-state index is 0.103. The Hall–Kier alpha value is -2.75. The Balaban J connectivity index is 1.94. The van der Waals surface area contributed by atoms with E-state index in [1.165, 1.54) is 7.11 Å².